The van der Waals surface area contributed by atoms with E-state index in [0.717, 1.165) is 27.6 Å². The Morgan fingerprint density at radius 3 is 2.39 bits per heavy atom. The Kier molecular flexibility index (Phi) is 11.0. The zero-order valence-electron chi connectivity index (χ0n) is 24.4. The van der Waals surface area contributed by atoms with Crippen LogP contribution in [0.1, 0.15) is 41.2 Å². The predicted octanol–water partition coefficient (Wildman–Crippen LogP) is 6.43. The van der Waals surface area contributed by atoms with Gasteiger partial charge in [-0.2, -0.15) is 0 Å². The standard InChI is InChI=1S/C36H36BrN3O4/c37-32-17-8-7-16-31(32)33-36(23-9-15-27-11-3-1-4-12-27,35(42)40-38-24-22-28-13-5-2-6-14-28)39-34(44-33)29-18-20-30(21-19-29)43-26-10-25-41/h1-9,11-21,33,38,41H,10,22-26H2,(H,40,42)/b15-9+/t33-,36-/m0/s1. The lowest BCUT2D eigenvalue weighted by molar-refractivity contribution is -0.129. The van der Waals surface area contributed by atoms with Gasteiger partial charge in [0, 0.05) is 41.6 Å². The summed E-state index contributed by atoms with van der Waals surface area (Å²) in [6, 6.07) is 35.3. The third-order valence-electron chi connectivity index (χ3n) is 7.34. The quantitative estimate of drug-likeness (QED) is 0.108. The highest BCUT2D eigenvalue weighted by Crippen LogP contribution is 2.45. The van der Waals surface area contributed by atoms with E-state index >= 15 is 0 Å². The molecule has 1 aliphatic rings. The normalized spacial score (nSPS) is 17.7. The van der Waals surface area contributed by atoms with Gasteiger partial charge >= 0.3 is 0 Å². The maximum Gasteiger partial charge on any atom is 0.266 e. The Morgan fingerprint density at radius 2 is 1.66 bits per heavy atom. The molecule has 1 aliphatic heterocycles. The van der Waals surface area contributed by atoms with E-state index < -0.39 is 11.6 Å². The Hall–Kier alpha value is -4.24. The molecule has 1 amide bonds. The summed E-state index contributed by atoms with van der Waals surface area (Å²) in [6.07, 6.45) is 4.89. The van der Waals surface area contributed by atoms with Crippen LogP contribution in [-0.4, -0.2) is 42.2 Å². The lowest BCUT2D eigenvalue weighted by Gasteiger charge is -2.30. The van der Waals surface area contributed by atoms with Crippen LogP contribution in [0.5, 0.6) is 5.75 Å². The lowest BCUT2D eigenvalue weighted by Crippen LogP contribution is -2.52. The van der Waals surface area contributed by atoms with E-state index in [-0.39, 0.29) is 12.5 Å². The predicted molar refractivity (Wildman–Crippen MR) is 177 cm³/mol. The number of amides is 1. The molecule has 0 aliphatic carbocycles. The fraction of sp³-hybridized carbons (Fsp3) is 0.222. The van der Waals surface area contributed by atoms with Gasteiger partial charge in [0.05, 0.1) is 6.61 Å². The smallest absolute Gasteiger partial charge is 0.266 e. The average Bonchev–Trinajstić information content (AvgIpc) is 3.45. The monoisotopic (exact) mass is 653 g/mol. The number of hydrazine groups is 1. The zero-order chi connectivity index (χ0) is 30.6. The van der Waals surface area contributed by atoms with Gasteiger partial charge < -0.3 is 14.6 Å². The molecule has 8 heteroatoms. The molecule has 0 fully saturated rings. The van der Waals surface area contributed by atoms with Crippen molar-refractivity contribution in [2.75, 3.05) is 19.8 Å². The first kappa shape index (κ1) is 31.2. The molecular formula is C36H36BrN3O4. The van der Waals surface area contributed by atoms with Crippen LogP contribution >= 0.6 is 15.9 Å². The minimum absolute atomic E-state index is 0.0726. The van der Waals surface area contributed by atoms with Gasteiger partial charge in [-0.3, -0.25) is 10.2 Å². The number of nitrogens with zero attached hydrogens (tertiary/aromatic N) is 1. The third kappa shape index (κ3) is 7.82. The van der Waals surface area contributed by atoms with Crippen molar-refractivity contribution in [3.05, 3.63) is 142 Å². The van der Waals surface area contributed by atoms with E-state index in [0.29, 0.717) is 37.6 Å². The molecule has 0 unspecified atom stereocenters. The van der Waals surface area contributed by atoms with Crippen molar-refractivity contribution in [3.63, 3.8) is 0 Å². The number of ether oxygens (including phenoxy) is 2. The molecule has 44 heavy (non-hydrogen) atoms. The van der Waals surface area contributed by atoms with Crippen LogP contribution in [0.3, 0.4) is 0 Å². The molecule has 0 radical (unpaired) electrons. The molecule has 2 atom stereocenters. The maximum absolute atomic E-state index is 14.2. The zero-order valence-corrected chi connectivity index (χ0v) is 26.0. The maximum atomic E-state index is 14.2. The molecule has 0 bridgehead atoms. The molecule has 4 aromatic rings. The highest BCUT2D eigenvalue weighted by Gasteiger charge is 2.53. The summed E-state index contributed by atoms with van der Waals surface area (Å²) in [4.78, 5) is 19.3. The van der Waals surface area contributed by atoms with Crippen LogP contribution in [0.2, 0.25) is 0 Å². The topological polar surface area (TPSA) is 92.2 Å². The van der Waals surface area contributed by atoms with Gasteiger partial charge in [-0.15, -0.1) is 0 Å². The third-order valence-corrected chi connectivity index (χ3v) is 8.06. The van der Waals surface area contributed by atoms with Gasteiger partial charge in [0.25, 0.3) is 5.91 Å². The fourth-order valence-corrected chi connectivity index (χ4v) is 5.51. The molecule has 5 rings (SSSR count). The van der Waals surface area contributed by atoms with Gasteiger partial charge in [-0.1, -0.05) is 107 Å². The number of carbonyl (C=O) groups excluding carboxylic acids is 1. The summed E-state index contributed by atoms with van der Waals surface area (Å²) < 4.78 is 13.1. The van der Waals surface area contributed by atoms with Crippen molar-refractivity contribution >= 4 is 33.8 Å². The van der Waals surface area contributed by atoms with Crippen LogP contribution in [0.15, 0.2) is 125 Å². The van der Waals surface area contributed by atoms with Crippen molar-refractivity contribution < 1.29 is 19.4 Å². The summed E-state index contributed by atoms with van der Waals surface area (Å²) in [7, 11) is 0. The molecule has 7 nitrogen and oxygen atoms in total. The van der Waals surface area contributed by atoms with Crippen molar-refractivity contribution in [2.24, 2.45) is 4.99 Å². The number of rotatable bonds is 14. The second kappa shape index (κ2) is 15.5. The molecule has 3 N–H and O–H groups in total. The average molecular weight is 655 g/mol. The molecule has 0 saturated carbocycles. The van der Waals surface area contributed by atoms with Crippen LogP contribution in [0, 0.1) is 0 Å². The van der Waals surface area contributed by atoms with E-state index in [1.807, 2.05) is 109 Å². The second-order valence-electron chi connectivity index (χ2n) is 10.4. The van der Waals surface area contributed by atoms with Gasteiger partial charge in [0.1, 0.15) is 5.75 Å². The Balaban J connectivity index is 1.46. The number of aliphatic imine (C=N–C) groups is 1. The van der Waals surface area contributed by atoms with Crippen LogP contribution < -0.4 is 15.6 Å². The van der Waals surface area contributed by atoms with Crippen molar-refractivity contribution in [2.45, 2.75) is 30.9 Å². The van der Waals surface area contributed by atoms with Crippen LogP contribution in [0.25, 0.3) is 6.08 Å². The molecule has 4 aromatic carbocycles. The fourth-order valence-electron chi connectivity index (χ4n) is 5.02. The Bertz CT molecular complexity index is 1560. The summed E-state index contributed by atoms with van der Waals surface area (Å²) in [6.45, 7) is 1.05. The van der Waals surface area contributed by atoms with Gasteiger partial charge in [-0.05, 0) is 47.9 Å². The number of hydrogen-bond donors (Lipinski definition) is 3. The molecular weight excluding hydrogens is 618 g/mol. The number of nitrogens with one attached hydrogen (secondary N) is 2. The number of carbonyl (C=O) groups is 1. The molecule has 226 valence electrons. The van der Waals surface area contributed by atoms with Crippen molar-refractivity contribution in [1.82, 2.24) is 10.9 Å². The van der Waals surface area contributed by atoms with Crippen molar-refractivity contribution in [1.29, 1.82) is 0 Å². The van der Waals surface area contributed by atoms with Gasteiger partial charge in [-0.25, -0.2) is 10.4 Å². The van der Waals surface area contributed by atoms with Gasteiger partial charge in [0.15, 0.2) is 11.6 Å². The molecule has 0 saturated heterocycles. The minimum Gasteiger partial charge on any atom is -0.494 e. The van der Waals surface area contributed by atoms with E-state index in [1.54, 1.807) is 0 Å². The lowest BCUT2D eigenvalue weighted by atomic mass is 9.84. The molecule has 1 heterocycles. The van der Waals surface area contributed by atoms with E-state index in [2.05, 4.69) is 38.9 Å². The minimum atomic E-state index is -1.31. The van der Waals surface area contributed by atoms with Crippen molar-refractivity contribution in [3.8, 4) is 5.75 Å². The number of benzene rings is 4. The number of hydrogen-bond acceptors (Lipinski definition) is 6. The number of aliphatic hydroxyl groups is 1. The summed E-state index contributed by atoms with van der Waals surface area (Å²) >= 11 is 3.69. The summed E-state index contributed by atoms with van der Waals surface area (Å²) in [5, 5.41) is 9.05. The number of aliphatic hydroxyl groups excluding tert-OH is 1. The summed E-state index contributed by atoms with van der Waals surface area (Å²) in [5.41, 5.74) is 8.52. The highest BCUT2D eigenvalue weighted by atomic mass is 79.9. The van der Waals surface area contributed by atoms with Crippen LogP contribution in [0.4, 0.5) is 0 Å². The molecule has 0 aromatic heterocycles. The first-order valence-electron chi connectivity index (χ1n) is 14.7. The number of halogens is 1. The van der Waals surface area contributed by atoms with E-state index in [9.17, 15) is 4.79 Å². The first-order chi connectivity index (χ1) is 21.6. The highest BCUT2D eigenvalue weighted by molar-refractivity contribution is 9.10. The SMILES string of the molecule is O=C(NNCCc1ccccc1)[C@@]1(C/C=C/c2ccccc2)N=C(c2ccc(OCCCO)cc2)O[C@H]1c1ccccc1Br. The van der Waals surface area contributed by atoms with Gasteiger partial charge in [0.2, 0.25) is 5.90 Å². The van der Waals surface area contributed by atoms with Crippen LogP contribution in [-0.2, 0) is 16.0 Å². The Morgan fingerprint density at radius 1 is 0.955 bits per heavy atom. The first-order valence-corrected chi connectivity index (χ1v) is 15.5. The largest absolute Gasteiger partial charge is 0.494 e. The van der Waals surface area contributed by atoms with E-state index in [4.69, 9.17) is 19.6 Å². The van der Waals surface area contributed by atoms with E-state index in [1.165, 1.54) is 5.56 Å². The molecule has 0 spiro atoms. The summed E-state index contributed by atoms with van der Waals surface area (Å²) in [5.74, 6) is 0.767. The Labute approximate surface area is 266 Å². The second-order valence-corrected chi connectivity index (χ2v) is 11.3.